The van der Waals surface area contributed by atoms with Gasteiger partial charge in [-0.15, -0.1) is 0 Å². The molecular weight excluding hydrogens is 212 g/mol. The number of ether oxygens (including phenoxy) is 3. The molecule has 0 bridgehead atoms. The quantitative estimate of drug-likeness (QED) is 0.573. The second-order valence-electron chi connectivity index (χ2n) is 2.92. The third kappa shape index (κ3) is 2.50. The van der Waals surface area contributed by atoms with Gasteiger partial charge in [-0.25, -0.2) is 4.79 Å². The minimum atomic E-state index is -0.790. The van der Waals surface area contributed by atoms with E-state index in [-0.39, 0.29) is 5.56 Å². The first-order chi connectivity index (χ1) is 7.60. The Morgan fingerprint density at radius 1 is 1.06 bits per heavy atom. The molecule has 0 heterocycles. The average molecular weight is 224 g/mol. The molecule has 0 aliphatic carbocycles. The van der Waals surface area contributed by atoms with E-state index in [4.69, 9.17) is 9.47 Å². The molecule has 86 valence electrons. The van der Waals surface area contributed by atoms with Crippen molar-refractivity contribution in [2.24, 2.45) is 0 Å². The SMILES string of the molecule is COc1cccc(OC)c1C(=O)OC(C)=O. The van der Waals surface area contributed by atoms with Crippen LogP contribution in [0.3, 0.4) is 0 Å². The van der Waals surface area contributed by atoms with Crippen molar-refractivity contribution in [1.29, 1.82) is 0 Å². The van der Waals surface area contributed by atoms with Gasteiger partial charge >= 0.3 is 11.9 Å². The summed E-state index contributed by atoms with van der Waals surface area (Å²) >= 11 is 0. The van der Waals surface area contributed by atoms with E-state index in [1.807, 2.05) is 0 Å². The zero-order chi connectivity index (χ0) is 12.1. The van der Waals surface area contributed by atoms with Crippen LogP contribution in [0.1, 0.15) is 17.3 Å². The fourth-order valence-corrected chi connectivity index (χ4v) is 1.23. The van der Waals surface area contributed by atoms with Crippen molar-refractivity contribution < 1.29 is 23.8 Å². The number of carbonyl (C=O) groups is 2. The summed E-state index contributed by atoms with van der Waals surface area (Å²) in [6.07, 6.45) is 0. The summed E-state index contributed by atoms with van der Waals surface area (Å²) in [6.45, 7) is 1.15. The lowest BCUT2D eigenvalue weighted by Gasteiger charge is -2.10. The lowest BCUT2D eigenvalue weighted by atomic mass is 10.2. The molecule has 1 aromatic rings. The minimum Gasteiger partial charge on any atom is -0.496 e. The smallest absolute Gasteiger partial charge is 0.353 e. The molecule has 16 heavy (non-hydrogen) atoms. The number of methoxy groups -OCH3 is 2. The van der Waals surface area contributed by atoms with Crippen molar-refractivity contribution >= 4 is 11.9 Å². The van der Waals surface area contributed by atoms with Crippen LogP contribution in [-0.4, -0.2) is 26.2 Å². The third-order valence-corrected chi connectivity index (χ3v) is 1.87. The standard InChI is InChI=1S/C11H12O5/c1-7(12)16-11(13)10-8(14-2)5-4-6-9(10)15-3/h4-6H,1-3H3. The van der Waals surface area contributed by atoms with Crippen LogP contribution in [0.25, 0.3) is 0 Å². The highest BCUT2D eigenvalue weighted by Crippen LogP contribution is 2.28. The molecule has 1 rings (SSSR count). The van der Waals surface area contributed by atoms with Gasteiger partial charge < -0.3 is 14.2 Å². The summed E-state index contributed by atoms with van der Waals surface area (Å²) in [7, 11) is 2.83. The molecule has 0 radical (unpaired) electrons. The molecule has 0 amide bonds. The zero-order valence-corrected chi connectivity index (χ0v) is 9.27. The maximum absolute atomic E-state index is 11.6. The molecule has 0 atom stereocenters. The van der Waals surface area contributed by atoms with E-state index < -0.39 is 11.9 Å². The molecule has 0 aliphatic rings. The molecular formula is C11H12O5. The van der Waals surface area contributed by atoms with Gasteiger partial charge in [0.15, 0.2) is 0 Å². The van der Waals surface area contributed by atoms with Crippen molar-refractivity contribution in [3.63, 3.8) is 0 Å². The zero-order valence-electron chi connectivity index (χ0n) is 9.27. The van der Waals surface area contributed by atoms with Crippen molar-refractivity contribution in [2.45, 2.75) is 6.92 Å². The Morgan fingerprint density at radius 3 is 1.94 bits per heavy atom. The molecule has 0 aromatic heterocycles. The van der Waals surface area contributed by atoms with Crippen LogP contribution in [0.2, 0.25) is 0 Å². The topological polar surface area (TPSA) is 61.8 Å². The molecule has 0 N–H and O–H groups in total. The van der Waals surface area contributed by atoms with Gasteiger partial charge in [0.1, 0.15) is 17.1 Å². The Hall–Kier alpha value is -2.04. The van der Waals surface area contributed by atoms with E-state index >= 15 is 0 Å². The molecule has 1 aromatic carbocycles. The average Bonchev–Trinajstić information content (AvgIpc) is 2.26. The fraction of sp³-hybridized carbons (Fsp3) is 0.273. The lowest BCUT2D eigenvalue weighted by molar-refractivity contribution is -0.135. The third-order valence-electron chi connectivity index (χ3n) is 1.87. The van der Waals surface area contributed by atoms with Gasteiger partial charge in [-0.2, -0.15) is 0 Å². The number of benzene rings is 1. The second kappa shape index (κ2) is 5.16. The van der Waals surface area contributed by atoms with E-state index in [9.17, 15) is 9.59 Å². The summed E-state index contributed by atoms with van der Waals surface area (Å²) in [5.41, 5.74) is 0.0997. The molecule has 5 heteroatoms. The molecule has 0 fully saturated rings. The fourth-order valence-electron chi connectivity index (χ4n) is 1.23. The van der Waals surface area contributed by atoms with Crippen LogP contribution < -0.4 is 9.47 Å². The number of hydrogen-bond donors (Lipinski definition) is 0. The van der Waals surface area contributed by atoms with E-state index in [1.54, 1.807) is 18.2 Å². The van der Waals surface area contributed by atoms with Crippen molar-refractivity contribution in [3.8, 4) is 11.5 Å². The van der Waals surface area contributed by atoms with Gasteiger partial charge in [0, 0.05) is 6.92 Å². The Morgan fingerprint density at radius 2 is 1.56 bits per heavy atom. The Balaban J connectivity index is 3.17. The van der Waals surface area contributed by atoms with Gasteiger partial charge in [-0.05, 0) is 12.1 Å². The summed E-state index contributed by atoms with van der Waals surface area (Å²) < 4.78 is 14.5. The van der Waals surface area contributed by atoms with Crippen LogP contribution in [0, 0.1) is 0 Å². The minimum absolute atomic E-state index is 0.0997. The Kier molecular flexibility index (Phi) is 3.88. The second-order valence-corrected chi connectivity index (χ2v) is 2.92. The van der Waals surface area contributed by atoms with E-state index in [0.717, 1.165) is 6.92 Å². The van der Waals surface area contributed by atoms with Gasteiger partial charge in [-0.3, -0.25) is 4.79 Å². The van der Waals surface area contributed by atoms with Gasteiger partial charge in [0.2, 0.25) is 0 Å². The van der Waals surface area contributed by atoms with Crippen LogP contribution in [0.15, 0.2) is 18.2 Å². The molecule has 5 nitrogen and oxygen atoms in total. The van der Waals surface area contributed by atoms with Crippen LogP contribution >= 0.6 is 0 Å². The lowest BCUT2D eigenvalue weighted by Crippen LogP contribution is -2.12. The monoisotopic (exact) mass is 224 g/mol. The number of carbonyl (C=O) groups excluding carboxylic acids is 2. The van der Waals surface area contributed by atoms with Crippen LogP contribution in [-0.2, 0) is 9.53 Å². The number of hydrogen-bond acceptors (Lipinski definition) is 5. The van der Waals surface area contributed by atoms with Crippen molar-refractivity contribution in [3.05, 3.63) is 23.8 Å². The van der Waals surface area contributed by atoms with Crippen LogP contribution in [0.5, 0.6) is 11.5 Å². The first-order valence-electron chi connectivity index (χ1n) is 4.54. The highest BCUT2D eigenvalue weighted by Gasteiger charge is 2.20. The van der Waals surface area contributed by atoms with E-state index in [2.05, 4.69) is 4.74 Å². The maximum Gasteiger partial charge on any atom is 0.353 e. The van der Waals surface area contributed by atoms with Gasteiger partial charge in [0.25, 0.3) is 0 Å². The van der Waals surface area contributed by atoms with Crippen molar-refractivity contribution in [1.82, 2.24) is 0 Å². The molecule has 0 saturated heterocycles. The van der Waals surface area contributed by atoms with E-state index in [1.165, 1.54) is 14.2 Å². The summed E-state index contributed by atoms with van der Waals surface area (Å²) in [5.74, 6) is -0.879. The number of rotatable bonds is 3. The summed E-state index contributed by atoms with van der Waals surface area (Å²) in [6, 6.07) is 4.83. The first kappa shape index (κ1) is 12.0. The Labute approximate surface area is 92.9 Å². The van der Waals surface area contributed by atoms with Gasteiger partial charge in [0.05, 0.1) is 14.2 Å². The molecule has 0 saturated carbocycles. The summed E-state index contributed by atoms with van der Waals surface area (Å²) in [4.78, 5) is 22.3. The highest BCUT2D eigenvalue weighted by atomic mass is 16.6. The maximum atomic E-state index is 11.6. The first-order valence-corrected chi connectivity index (χ1v) is 4.54. The number of esters is 2. The largest absolute Gasteiger partial charge is 0.496 e. The van der Waals surface area contributed by atoms with Crippen LogP contribution in [0.4, 0.5) is 0 Å². The van der Waals surface area contributed by atoms with Crippen molar-refractivity contribution in [2.75, 3.05) is 14.2 Å². The summed E-state index contributed by atoms with van der Waals surface area (Å²) in [5, 5.41) is 0. The molecule has 0 spiro atoms. The van der Waals surface area contributed by atoms with Gasteiger partial charge in [-0.1, -0.05) is 6.07 Å². The molecule has 0 aliphatic heterocycles. The molecule has 0 unspecified atom stereocenters. The predicted octanol–water partition coefficient (Wildman–Crippen LogP) is 1.41. The Bertz CT molecular complexity index is 389. The van der Waals surface area contributed by atoms with E-state index in [0.29, 0.717) is 11.5 Å². The highest BCUT2D eigenvalue weighted by molar-refractivity contribution is 6.00. The normalized spacial score (nSPS) is 9.44. The predicted molar refractivity (Wildman–Crippen MR) is 55.6 cm³/mol.